The van der Waals surface area contributed by atoms with Crippen LogP contribution >= 0.6 is 6.49 Å². The highest BCUT2D eigenvalue weighted by molar-refractivity contribution is 8.14. The van der Waals surface area contributed by atoms with Gasteiger partial charge in [-0.3, -0.25) is 0 Å². The van der Waals surface area contributed by atoms with Gasteiger partial charge in [-0.05, 0) is 45.5 Å². The Morgan fingerprint density at radius 3 is 1.66 bits per heavy atom. The third kappa shape index (κ3) is 2.79. The Kier molecular flexibility index (Phi) is 4.78. The Hall–Kier alpha value is -2.43. The highest BCUT2D eigenvalue weighted by atomic mass is 32.4. The van der Waals surface area contributed by atoms with Crippen molar-refractivity contribution >= 4 is 51.2 Å². The first kappa shape index (κ1) is 20.2. The Bertz CT molecular complexity index is 1300. The summed E-state index contributed by atoms with van der Waals surface area (Å²) in [5.41, 5.74) is 4.98. The summed E-state index contributed by atoms with van der Waals surface area (Å²) in [5, 5.41) is 5.05. The van der Waals surface area contributed by atoms with Gasteiger partial charge in [0.1, 0.15) is 0 Å². The SMILES string of the molecule is CN1c2ccc3ccccc3c2-c2c(ccc3ccccc23)N(C)P1(=S)N1CCOCC1. The molecule has 0 radical (unpaired) electrons. The highest BCUT2D eigenvalue weighted by Crippen LogP contribution is 2.64. The van der Waals surface area contributed by atoms with Crippen LogP contribution in [0.15, 0.2) is 72.8 Å². The van der Waals surface area contributed by atoms with Gasteiger partial charge in [0.05, 0.1) is 24.6 Å². The van der Waals surface area contributed by atoms with Crippen molar-refractivity contribution in [2.75, 3.05) is 49.7 Å². The molecule has 6 heteroatoms. The van der Waals surface area contributed by atoms with Gasteiger partial charge < -0.3 is 14.1 Å². The molecule has 2 heterocycles. The first-order valence-electron chi connectivity index (χ1n) is 11.1. The molecule has 0 aliphatic carbocycles. The van der Waals surface area contributed by atoms with Crippen molar-refractivity contribution < 1.29 is 4.74 Å². The largest absolute Gasteiger partial charge is 0.379 e. The lowest BCUT2D eigenvalue weighted by Crippen LogP contribution is -2.43. The van der Waals surface area contributed by atoms with Crippen molar-refractivity contribution in [2.24, 2.45) is 0 Å². The fraction of sp³-hybridized carbons (Fsp3) is 0.231. The smallest absolute Gasteiger partial charge is 0.194 e. The van der Waals surface area contributed by atoms with E-state index in [1.165, 1.54) is 44.0 Å². The second-order valence-electron chi connectivity index (χ2n) is 8.49. The van der Waals surface area contributed by atoms with Crippen LogP contribution in [0, 0.1) is 0 Å². The molecule has 6 rings (SSSR count). The van der Waals surface area contributed by atoms with E-state index in [1.54, 1.807) is 0 Å². The van der Waals surface area contributed by atoms with E-state index in [0.29, 0.717) is 0 Å². The van der Waals surface area contributed by atoms with E-state index in [2.05, 4.69) is 101 Å². The summed E-state index contributed by atoms with van der Waals surface area (Å²) in [6, 6.07) is 26.4. The van der Waals surface area contributed by atoms with E-state index in [9.17, 15) is 0 Å². The molecule has 4 aromatic carbocycles. The van der Waals surface area contributed by atoms with Gasteiger partial charge in [0, 0.05) is 38.3 Å². The standard InChI is InChI=1S/C26H26N3OPS/c1-27-23-13-11-19-7-3-5-9-21(19)25(23)26-22-10-6-4-8-20(22)12-14-24(26)28(2)31(27,32)29-15-17-30-18-16-29/h3-14H,15-18H2,1-2H3. The molecule has 1 fully saturated rings. The van der Waals surface area contributed by atoms with E-state index in [1.807, 2.05) is 0 Å². The van der Waals surface area contributed by atoms with E-state index in [-0.39, 0.29) is 0 Å². The Labute approximate surface area is 194 Å². The highest BCUT2D eigenvalue weighted by Gasteiger charge is 2.41. The average Bonchev–Trinajstić information content (AvgIpc) is 2.93. The lowest BCUT2D eigenvalue weighted by Gasteiger charge is -2.47. The van der Waals surface area contributed by atoms with E-state index in [4.69, 9.17) is 16.5 Å². The van der Waals surface area contributed by atoms with Gasteiger partial charge in [-0.15, -0.1) is 0 Å². The zero-order chi connectivity index (χ0) is 21.9. The number of benzene rings is 4. The van der Waals surface area contributed by atoms with E-state index in [0.717, 1.165) is 26.3 Å². The van der Waals surface area contributed by atoms with Crippen LogP contribution in [-0.2, 0) is 16.5 Å². The molecular weight excluding hydrogens is 433 g/mol. The Balaban J connectivity index is 1.76. The second kappa shape index (κ2) is 7.57. The molecule has 0 saturated carbocycles. The predicted molar refractivity (Wildman–Crippen MR) is 140 cm³/mol. The summed E-state index contributed by atoms with van der Waals surface area (Å²) in [6.45, 7) is 0.899. The molecule has 4 aromatic rings. The van der Waals surface area contributed by atoms with E-state index < -0.39 is 6.49 Å². The van der Waals surface area contributed by atoms with Crippen LogP contribution in [0.1, 0.15) is 0 Å². The van der Waals surface area contributed by atoms with Gasteiger partial charge >= 0.3 is 0 Å². The predicted octanol–water partition coefficient (Wildman–Crippen LogP) is 6.10. The second-order valence-corrected chi connectivity index (χ2v) is 12.8. The van der Waals surface area contributed by atoms with Crippen LogP contribution in [0.4, 0.5) is 11.4 Å². The quantitative estimate of drug-likeness (QED) is 0.319. The zero-order valence-electron chi connectivity index (χ0n) is 18.4. The monoisotopic (exact) mass is 459 g/mol. The van der Waals surface area contributed by atoms with Crippen molar-refractivity contribution in [2.45, 2.75) is 0 Å². The molecule has 0 amide bonds. The van der Waals surface area contributed by atoms with Gasteiger partial charge in [0.2, 0.25) is 0 Å². The molecule has 4 nitrogen and oxygen atoms in total. The molecule has 2 aliphatic heterocycles. The Morgan fingerprint density at radius 2 is 1.16 bits per heavy atom. The van der Waals surface area contributed by atoms with E-state index >= 15 is 0 Å². The molecule has 1 saturated heterocycles. The fourth-order valence-corrected chi connectivity index (χ4v) is 9.02. The lowest BCUT2D eigenvalue weighted by molar-refractivity contribution is 0.0744. The number of hydrogen-bond acceptors (Lipinski definition) is 2. The summed E-state index contributed by atoms with van der Waals surface area (Å²) in [5.74, 6) is 0. The number of hydrogen-bond donors (Lipinski definition) is 0. The average molecular weight is 460 g/mol. The van der Waals surface area contributed by atoms with Crippen LogP contribution < -0.4 is 9.34 Å². The van der Waals surface area contributed by atoms with Gasteiger partial charge in [0.15, 0.2) is 6.49 Å². The number of fused-ring (bicyclic) bond motifs is 7. The van der Waals surface area contributed by atoms with Crippen molar-refractivity contribution in [3.05, 3.63) is 72.8 Å². The molecule has 32 heavy (non-hydrogen) atoms. The molecule has 2 aliphatic rings. The molecule has 0 unspecified atom stereocenters. The summed E-state index contributed by atoms with van der Waals surface area (Å²) in [7, 11) is 4.38. The molecule has 162 valence electrons. The van der Waals surface area contributed by atoms with Gasteiger partial charge in [-0.1, -0.05) is 60.7 Å². The number of anilines is 2. The maximum absolute atomic E-state index is 6.64. The molecule has 0 atom stereocenters. The zero-order valence-corrected chi connectivity index (χ0v) is 20.1. The van der Waals surface area contributed by atoms with Crippen molar-refractivity contribution in [1.82, 2.24) is 4.67 Å². The maximum atomic E-state index is 6.64. The van der Waals surface area contributed by atoms with Gasteiger partial charge in [-0.25, -0.2) is 4.67 Å². The van der Waals surface area contributed by atoms with Crippen LogP contribution in [0.2, 0.25) is 0 Å². The normalized spacial score (nSPS) is 18.4. The minimum atomic E-state index is -2.28. The maximum Gasteiger partial charge on any atom is 0.194 e. The van der Waals surface area contributed by atoms with Gasteiger partial charge in [-0.2, -0.15) is 0 Å². The minimum absolute atomic E-state index is 0.731. The molecule has 0 spiro atoms. The van der Waals surface area contributed by atoms with Crippen LogP contribution in [0.3, 0.4) is 0 Å². The topological polar surface area (TPSA) is 19.0 Å². The molecule has 0 bridgehead atoms. The molecular formula is C26H26N3OPS. The van der Waals surface area contributed by atoms with Crippen molar-refractivity contribution in [3.8, 4) is 11.1 Å². The number of nitrogens with zero attached hydrogens (tertiary/aromatic N) is 3. The first-order chi connectivity index (χ1) is 15.6. The number of rotatable bonds is 1. The van der Waals surface area contributed by atoms with Crippen LogP contribution in [0.25, 0.3) is 32.7 Å². The number of morpholine rings is 1. The first-order valence-corrected chi connectivity index (χ1v) is 13.7. The molecule has 0 aromatic heterocycles. The van der Waals surface area contributed by atoms with Crippen molar-refractivity contribution in [1.29, 1.82) is 0 Å². The summed E-state index contributed by atoms with van der Waals surface area (Å²) >= 11 is 6.64. The van der Waals surface area contributed by atoms with Crippen LogP contribution in [0.5, 0.6) is 0 Å². The van der Waals surface area contributed by atoms with Crippen LogP contribution in [-0.4, -0.2) is 45.1 Å². The van der Waals surface area contributed by atoms with Crippen molar-refractivity contribution in [3.63, 3.8) is 0 Å². The fourth-order valence-electron chi connectivity index (χ4n) is 5.26. The Morgan fingerprint density at radius 1 is 0.688 bits per heavy atom. The molecule has 0 N–H and O–H groups in total. The third-order valence-electron chi connectivity index (χ3n) is 6.90. The summed E-state index contributed by atoms with van der Waals surface area (Å²) in [6.07, 6.45) is 0. The summed E-state index contributed by atoms with van der Waals surface area (Å²) in [4.78, 5) is 0. The van der Waals surface area contributed by atoms with Gasteiger partial charge in [0.25, 0.3) is 0 Å². The minimum Gasteiger partial charge on any atom is -0.379 e. The number of ether oxygens (including phenoxy) is 1. The lowest BCUT2D eigenvalue weighted by atomic mass is 9.91. The third-order valence-corrected chi connectivity index (χ3v) is 12.2. The summed E-state index contributed by atoms with van der Waals surface area (Å²) < 4.78 is 13.0.